The van der Waals surface area contributed by atoms with Crippen LogP contribution in [0, 0.1) is 6.92 Å². The number of furan rings is 1. The molecule has 1 unspecified atom stereocenters. The summed E-state index contributed by atoms with van der Waals surface area (Å²) >= 11 is 0. The van der Waals surface area contributed by atoms with Crippen molar-refractivity contribution in [2.24, 2.45) is 0 Å². The number of likely N-dealkylation sites (N-methyl/N-ethyl adjacent to an activating group) is 1. The minimum atomic E-state index is -0.116. The molecule has 2 amide bonds. The molecule has 0 bridgehead atoms. The van der Waals surface area contributed by atoms with Gasteiger partial charge in [0.1, 0.15) is 17.2 Å². The zero-order valence-electron chi connectivity index (χ0n) is 18.1. The van der Waals surface area contributed by atoms with Gasteiger partial charge in [0, 0.05) is 72.5 Å². The topological polar surface area (TPSA) is 66.7 Å². The molecule has 6 nitrogen and oxygen atoms in total. The van der Waals surface area contributed by atoms with E-state index in [4.69, 9.17) is 4.42 Å². The third-order valence-corrected chi connectivity index (χ3v) is 5.79. The number of aromatic nitrogens is 1. The summed E-state index contributed by atoms with van der Waals surface area (Å²) in [7, 11) is 4.32. The van der Waals surface area contributed by atoms with E-state index in [1.54, 1.807) is 35.2 Å². The summed E-state index contributed by atoms with van der Waals surface area (Å²) in [5.74, 6) is 1.47. The summed E-state index contributed by atoms with van der Waals surface area (Å²) in [4.78, 5) is 32.3. The number of rotatable bonds is 5. The molecule has 0 aliphatic carbocycles. The number of fused-ring (bicyclic) bond motifs is 2. The summed E-state index contributed by atoms with van der Waals surface area (Å²) in [6.07, 6.45) is 6.68. The van der Waals surface area contributed by atoms with E-state index in [0.29, 0.717) is 31.5 Å². The van der Waals surface area contributed by atoms with E-state index in [1.165, 1.54) is 0 Å². The van der Waals surface area contributed by atoms with Crippen molar-refractivity contribution in [3.63, 3.8) is 0 Å². The molecule has 0 saturated heterocycles. The van der Waals surface area contributed by atoms with Crippen molar-refractivity contribution in [1.29, 1.82) is 0 Å². The maximum Gasteiger partial charge on any atom is 0.246 e. The second kappa shape index (κ2) is 10.1. The van der Waals surface area contributed by atoms with Crippen LogP contribution in [0.4, 0.5) is 5.82 Å². The number of carbonyl (C=O) groups is 2. The number of aryl methyl sites for hydroxylation is 2. The van der Waals surface area contributed by atoms with Gasteiger partial charge in [0.25, 0.3) is 0 Å². The fourth-order valence-electron chi connectivity index (χ4n) is 3.69. The molecule has 0 N–H and O–H groups in total. The molecule has 1 aromatic carbocycles. The Morgan fingerprint density at radius 3 is 2.84 bits per heavy atom. The molecule has 0 spiro atoms. The Kier molecular flexibility index (Phi) is 7.71. The van der Waals surface area contributed by atoms with Crippen LogP contribution >= 0.6 is 9.24 Å². The molecule has 1 aliphatic heterocycles. The average Bonchev–Trinajstić information content (AvgIpc) is 3.07. The van der Waals surface area contributed by atoms with Crippen molar-refractivity contribution < 1.29 is 14.0 Å². The number of hydrogen-bond donors (Lipinski definition) is 0. The molecule has 4 rings (SSSR count). The number of benzene rings is 1. The Hall–Kier alpha value is -1.98. The zero-order valence-corrected chi connectivity index (χ0v) is 21.2. The number of hydrogen-bond acceptors (Lipinski definition) is 4. The van der Waals surface area contributed by atoms with Crippen LogP contribution in [0.15, 0.2) is 47.0 Å². The fraction of sp³-hybridized carbons (Fsp3) is 0.261. The van der Waals surface area contributed by atoms with Gasteiger partial charge in [-0.25, -0.2) is 4.98 Å². The largest absolute Gasteiger partial charge is 0.459 e. The SMILES string of the molecule is Cc1c(CN(C)C(=O)C=Cc2cnc3c(c2)CCC(=O)N3CP)oc2ccccc12.[Na]. The Labute approximate surface area is 206 Å². The number of carbonyl (C=O) groups excluding carboxylic acids is 2. The fourth-order valence-corrected chi connectivity index (χ4v) is 4.06. The van der Waals surface area contributed by atoms with Crippen LogP contribution in [0.2, 0.25) is 0 Å². The van der Waals surface area contributed by atoms with Crippen LogP contribution in [0.25, 0.3) is 17.0 Å². The normalized spacial score (nSPS) is 13.4. The van der Waals surface area contributed by atoms with Gasteiger partial charge in [-0.2, -0.15) is 0 Å². The van der Waals surface area contributed by atoms with Crippen LogP contribution in [0.5, 0.6) is 0 Å². The van der Waals surface area contributed by atoms with Crippen LogP contribution in [-0.2, 0) is 22.6 Å². The van der Waals surface area contributed by atoms with Crippen LogP contribution in [0.3, 0.4) is 0 Å². The molecule has 0 saturated carbocycles. The molecule has 3 aromatic rings. The van der Waals surface area contributed by atoms with E-state index < -0.39 is 0 Å². The van der Waals surface area contributed by atoms with Gasteiger partial charge in [-0.1, -0.05) is 18.2 Å². The first-order valence-corrected chi connectivity index (χ1v) is 10.7. The molecular weight excluding hydrogens is 420 g/mol. The molecule has 1 radical (unpaired) electrons. The average molecular weight is 444 g/mol. The molecule has 2 aromatic heterocycles. The Morgan fingerprint density at radius 2 is 2.10 bits per heavy atom. The summed E-state index contributed by atoms with van der Waals surface area (Å²) in [5, 5.41) is 1.07. The maximum atomic E-state index is 12.6. The van der Waals surface area contributed by atoms with Crippen LogP contribution < -0.4 is 4.90 Å². The minimum Gasteiger partial charge on any atom is -0.459 e. The standard InChI is InChI=1S/C23H24N3O3P.Na/c1-15-18-5-3-4-6-19(18)29-20(15)13-25(2)21(27)9-7-16-11-17-8-10-22(28)26(14-30)23(17)24-12-16;/h3-7,9,11-12H,8,10,13-14,30H2,1-2H3;. The predicted molar refractivity (Wildman–Crippen MR) is 127 cm³/mol. The monoisotopic (exact) mass is 444 g/mol. The quantitative estimate of drug-likeness (QED) is 0.343. The van der Waals surface area contributed by atoms with Gasteiger partial charge >= 0.3 is 0 Å². The van der Waals surface area contributed by atoms with E-state index in [1.807, 2.05) is 37.3 Å². The van der Waals surface area contributed by atoms with E-state index in [0.717, 1.165) is 33.4 Å². The second-order valence-corrected chi connectivity index (χ2v) is 7.79. The first kappa shape index (κ1) is 23.7. The number of anilines is 1. The van der Waals surface area contributed by atoms with E-state index in [2.05, 4.69) is 14.2 Å². The molecular formula is C23H24N3NaO3P. The molecule has 1 atom stereocenters. The zero-order chi connectivity index (χ0) is 21.3. The van der Waals surface area contributed by atoms with E-state index in [-0.39, 0.29) is 41.4 Å². The first-order valence-electron chi connectivity index (χ1n) is 9.87. The maximum absolute atomic E-state index is 12.6. The number of amides is 2. The van der Waals surface area contributed by atoms with Crippen molar-refractivity contribution in [1.82, 2.24) is 9.88 Å². The summed E-state index contributed by atoms with van der Waals surface area (Å²) in [6.45, 7) is 2.41. The summed E-state index contributed by atoms with van der Waals surface area (Å²) in [5.41, 5.74) is 3.76. The van der Waals surface area contributed by atoms with Gasteiger partial charge < -0.3 is 9.32 Å². The van der Waals surface area contributed by atoms with Crippen molar-refractivity contribution in [3.8, 4) is 0 Å². The predicted octanol–water partition coefficient (Wildman–Crippen LogP) is 3.54. The van der Waals surface area contributed by atoms with Crippen LogP contribution in [-0.4, -0.2) is 64.6 Å². The van der Waals surface area contributed by atoms with Crippen molar-refractivity contribution in [2.75, 3.05) is 18.2 Å². The molecule has 3 heterocycles. The molecule has 1 aliphatic rings. The van der Waals surface area contributed by atoms with E-state index in [9.17, 15) is 9.59 Å². The van der Waals surface area contributed by atoms with Gasteiger partial charge in [0.15, 0.2) is 0 Å². The smallest absolute Gasteiger partial charge is 0.246 e. The van der Waals surface area contributed by atoms with Gasteiger partial charge in [-0.05, 0) is 42.7 Å². The molecule has 155 valence electrons. The third kappa shape index (κ3) is 4.93. The molecule has 0 fully saturated rings. The van der Waals surface area contributed by atoms with Crippen LogP contribution in [0.1, 0.15) is 28.9 Å². The number of para-hydroxylation sites is 1. The van der Waals surface area contributed by atoms with Crippen molar-refractivity contribution >= 4 is 73.5 Å². The van der Waals surface area contributed by atoms with E-state index >= 15 is 0 Å². The Bertz CT molecular complexity index is 1160. The van der Waals surface area contributed by atoms with Gasteiger partial charge in [0.05, 0.1) is 6.54 Å². The van der Waals surface area contributed by atoms with Crippen molar-refractivity contribution in [3.05, 3.63) is 65.1 Å². The minimum absolute atomic E-state index is 0. The number of nitrogens with zero attached hydrogens (tertiary/aromatic N) is 3. The van der Waals surface area contributed by atoms with Gasteiger partial charge in [0.2, 0.25) is 11.8 Å². The Balaban J connectivity index is 0.00000272. The number of pyridine rings is 1. The van der Waals surface area contributed by atoms with Gasteiger partial charge in [-0.3, -0.25) is 14.5 Å². The summed E-state index contributed by atoms with van der Waals surface area (Å²) in [6, 6.07) is 9.87. The molecule has 31 heavy (non-hydrogen) atoms. The van der Waals surface area contributed by atoms with Crippen molar-refractivity contribution in [2.45, 2.75) is 26.3 Å². The third-order valence-electron chi connectivity index (χ3n) is 5.43. The van der Waals surface area contributed by atoms with Gasteiger partial charge in [-0.15, -0.1) is 9.24 Å². The first-order chi connectivity index (χ1) is 14.5. The Morgan fingerprint density at radius 1 is 1.32 bits per heavy atom. The summed E-state index contributed by atoms with van der Waals surface area (Å²) < 4.78 is 5.91. The molecule has 8 heteroatoms. The second-order valence-electron chi connectivity index (χ2n) is 7.43.